The fraction of sp³-hybridized carbons (Fsp3) is 0.235. The van der Waals surface area contributed by atoms with E-state index in [-0.39, 0.29) is 11.7 Å². The van der Waals surface area contributed by atoms with Crippen LogP contribution < -0.4 is 0 Å². The average molecular weight is 416 g/mol. The van der Waals surface area contributed by atoms with E-state index in [0.29, 0.717) is 17.7 Å². The monoisotopic (exact) mass is 414 g/mol. The number of alkyl halides is 3. The number of nitro groups is 1. The van der Waals surface area contributed by atoms with Crippen molar-refractivity contribution in [3.05, 3.63) is 75.8 Å². The Hall–Kier alpha value is -2.02. The van der Waals surface area contributed by atoms with Gasteiger partial charge in [-0.25, -0.2) is 4.79 Å². The Balaban J connectivity index is 1.72. The lowest BCUT2D eigenvalue weighted by atomic mass is 10.1. The van der Waals surface area contributed by atoms with Gasteiger partial charge in [-0.3, -0.25) is 15.0 Å². The molecule has 0 bridgehead atoms. The molecule has 0 unspecified atom stereocenters. The molecule has 136 valence electrons. The molecule has 1 amide bonds. The lowest BCUT2D eigenvalue weighted by molar-refractivity contribution is -0.384. The van der Waals surface area contributed by atoms with Crippen LogP contribution in [-0.4, -0.2) is 26.3 Å². The van der Waals surface area contributed by atoms with Crippen molar-refractivity contribution in [2.24, 2.45) is 0 Å². The lowest BCUT2D eigenvalue weighted by Crippen LogP contribution is -2.26. The standard InChI is InChI=1S/C17H13Cl3N2O4/c18-17(19,20)15(11-5-2-1-3-6-11)26-16(23)21-10-14(21)12-7-4-8-13(9-12)22(24)25/h1-9,14-15H,10H2/t14-,15-,21?/m1/s1. The van der Waals surface area contributed by atoms with E-state index in [0.717, 1.165) is 0 Å². The van der Waals surface area contributed by atoms with E-state index in [1.807, 2.05) is 0 Å². The van der Waals surface area contributed by atoms with Crippen LogP contribution in [0.1, 0.15) is 23.3 Å². The summed E-state index contributed by atoms with van der Waals surface area (Å²) in [6.07, 6.45) is -1.73. The topological polar surface area (TPSA) is 72.5 Å². The molecule has 0 N–H and O–H groups in total. The molecule has 0 radical (unpaired) electrons. The maximum Gasteiger partial charge on any atom is 0.411 e. The normalized spacial score (nSPS) is 17.5. The molecule has 6 nitrogen and oxygen atoms in total. The fourth-order valence-electron chi connectivity index (χ4n) is 2.59. The molecule has 2 atom stereocenters. The smallest absolute Gasteiger partial charge is 0.411 e. The van der Waals surface area contributed by atoms with E-state index in [4.69, 9.17) is 39.5 Å². The highest BCUT2D eigenvalue weighted by atomic mass is 35.6. The van der Waals surface area contributed by atoms with Crippen LogP contribution in [0.25, 0.3) is 0 Å². The Bertz CT molecular complexity index is 826. The van der Waals surface area contributed by atoms with Crippen molar-refractivity contribution in [3.8, 4) is 0 Å². The van der Waals surface area contributed by atoms with Gasteiger partial charge in [0, 0.05) is 18.7 Å². The number of nitro benzene ring substituents is 1. The zero-order valence-electron chi connectivity index (χ0n) is 13.2. The Morgan fingerprint density at radius 3 is 2.50 bits per heavy atom. The van der Waals surface area contributed by atoms with Gasteiger partial charge in [0.2, 0.25) is 3.79 Å². The van der Waals surface area contributed by atoms with Crippen LogP contribution in [0, 0.1) is 10.1 Å². The summed E-state index contributed by atoms with van der Waals surface area (Å²) in [6, 6.07) is 14.5. The van der Waals surface area contributed by atoms with Gasteiger partial charge in [-0.2, -0.15) is 0 Å². The number of hydrogen-bond acceptors (Lipinski definition) is 4. The zero-order chi connectivity index (χ0) is 18.9. The number of non-ortho nitro benzene ring substituents is 1. The number of carbonyl (C=O) groups is 1. The van der Waals surface area contributed by atoms with Crippen LogP contribution in [0.3, 0.4) is 0 Å². The Kier molecular flexibility index (Phi) is 5.27. The second kappa shape index (κ2) is 7.31. The Morgan fingerprint density at radius 1 is 1.19 bits per heavy atom. The number of ether oxygens (including phenoxy) is 1. The van der Waals surface area contributed by atoms with Crippen molar-refractivity contribution in [3.63, 3.8) is 0 Å². The minimum atomic E-state index is -1.84. The van der Waals surface area contributed by atoms with E-state index >= 15 is 0 Å². The molecule has 9 heteroatoms. The molecular weight excluding hydrogens is 403 g/mol. The number of hydrogen-bond donors (Lipinski definition) is 0. The minimum absolute atomic E-state index is 0.0360. The van der Waals surface area contributed by atoms with Crippen molar-refractivity contribution in [2.45, 2.75) is 15.9 Å². The molecular formula is C17H13Cl3N2O4. The number of nitrogens with zero attached hydrogens (tertiary/aromatic N) is 2. The average Bonchev–Trinajstić information content (AvgIpc) is 3.40. The highest BCUT2D eigenvalue weighted by molar-refractivity contribution is 6.68. The van der Waals surface area contributed by atoms with E-state index in [1.165, 1.54) is 17.0 Å². The zero-order valence-corrected chi connectivity index (χ0v) is 15.5. The predicted octanol–water partition coefficient (Wildman–Crippen LogP) is 5.20. The molecule has 1 aliphatic heterocycles. The van der Waals surface area contributed by atoms with Gasteiger partial charge >= 0.3 is 6.09 Å². The summed E-state index contributed by atoms with van der Waals surface area (Å²) in [4.78, 5) is 24.2. The highest BCUT2D eigenvalue weighted by Crippen LogP contribution is 2.44. The van der Waals surface area contributed by atoms with Gasteiger partial charge in [0.1, 0.15) is 0 Å². The van der Waals surface area contributed by atoms with Crippen molar-refractivity contribution in [2.75, 3.05) is 6.54 Å². The molecule has 3 rings (SSSR count). The van der Waals surface area contributed by atoms with Gasteiger partial charge in [-0.1, -0.05) is 77.3 Å². The summed E-state index contributed by atoms with van der Waals surface area (Å²) in [7, 11) is 0. The first-order valence-electron chi connectivity index (χ1n) is 7.60. The van der Waals surface area contributed by atoms with Crippen LogP contribution in [0.4, 0.5) is 10.5 Å². The molecule has 0 spiro atoms. The molecule has 0 saturated carbocycles. The number of benzene rings is 2. The van der Waals surface area contributed by atoms with Gasteiger partial charge in [0.05, 0.1) is 11.0 Å². The molecule has 1 heterocycles. The van der Waals surface area contributed by atoms with Crippen LogP contribution in [0.15, 0.2) is 54.6 Å². The minimum Gasteiger partial charge on any atom is -0.437 e. The van der Waals surface area contributed by atoms with Crippen molar-refractivity contribution < 1.29 is 14.5 Å². The summed E-state index contributed by atoms with van der Waals surface area (Å²) >= 11 is 17.9. The van der Waals surface area contributed by atoms with Gasteiger partial charge in [-0.05, 0) is 11.1 Å². The lowest BCUT2D eigenvalue weighted by Gasteiger charge is -2.25. The van der Waals surface area contributed by atoms with Crippen LogP contribution in [-0.2, 0) is 4.74 Å². The maximum atomic E-state index is 12.4. The number of halogens is 3. The maximum absolute atomic E-state index is 12.4. The third-order valence-corrected chi connectivity index (χ3v) is 4.53. The molecule has 2 aromatic rings. The molecule has 0 aromatic heterocycles. The summed E-state index contributed by atoms with van der Waals surface area (Å²) in [5, 5.41) is 10.9. The van der Waals surface area contributed by atoms with Crippen LogP contribution in [0.2, 0.25) is 0 Å². The SMILES string of the molecule is O=C(O[C@H](c1ccccc1)C(Cl)(Cl)Cl)N1C[C@@H]1c1cccc([N+](=O)[O-])c1. The fourth-order valence-corrected chi connectivity index (χ4v) is 3.10. The molecule has 1 fully saturated rings. The van der Waals surface area contributed by atoms with Gasteiger partial charge in [0.25, 0.3) is 5.69 Å². The second-order valence-corrected chi connectivity index (χ2v) is 8.11. The first kappa shape index (κ1) is 18.8. The summed E-state index contributed by atoms with van der Waals surface area (Å²) in [6.45, 7) is 0.376. The third kappa shape index (κ3) is 4.20. The van der Waals surface area contributed by atoms with E-state index in [2.05, 4.69) is 0 Å². The molecule has 1 aliphatic rings. The second-order valence-electron chi connectivity index (χ2n) is 5.74. The largest absolute Gasteiger partial charge is 0.437 e. The van der Waals surface area contributed by atoms with Crippen molar-refractivity contribution >= 4 is 46.6 Å². The van der Waals surface area contributed by atoms with E-state index in [1.54, 1.807) is 42.5 Å². The molecule has 2 aromatic carbocycles. The first-order valence-corrected chi connectivity index (χ1v) is 8.74. The Morgan fingerprint density at radius 2 is 1.88 bits per heavy atom. The van der Waals surface area contributed by atoms with Crippen LogP contribution in [0.5, 0.6) is 0 Å². The summed E-state index contributed by atoms with van der Waals surface area (Å²) in [5.41, 5.74) is 1.17. The highest BCUT2D eigenvalue weighted by Gasteiger charge is 2.45. The van der Waals surface area contributed by atoms with E-state index in [9.17, 15) is 14.9 Å². The summed E-state index contributed by atoms with van der Waals surface area (Å²) in [5.74, 6) is 0. The predicted molar refractivity (Wildman–Crippen MR) is 98.5 cm³/mol. The van der Waals surface area contributed by atoms with E-state index < -0.39 is 20.9 Å². The van der Waals surface area contributed by atoms with Crippen LogP contribution >= 0.6 is 34.8 Å². The number of carbonyl (C=O) groups excluding carboxylic acids is 1. The summed E-state index contributed by atoms with van der Waals surface area (Å²) < 4.78 is 3.57. The Labute approximate surface area is 164 Å². The number of rotatable bonds is 4. The van der Waals surface area contributed by atoms with Gasteiger partial charge in [-0.15, -0.1) is 0 Å². The van der Waals surface area contributed by atoms with Gasteiger partial charge < -0.3 is 4.74 Å². The first-order chi connectivity index (χ1) is 12.3. The molecule has 1 saturated heterocycles. The van der Waals surface area contributed by atoms with Gasteiger partial charge in [0.15, 0.2) is 6.10 Å². The van der Waals surface area contributed by atoms with Crippen molar-refractivity contribution in [1.29, 1.82) is 0 Å². The molecule has 0 aliphatic carbocycles. The van der Waals surface area contributed by atoms with Crippen molar-refractivity contribution in [1.82, 2.24) is 4.90 Å². The number of amides is 1. The quantitative estimate of drug-likeness (QED) is 0.298. The third-order valence-electron chi connectivity index (χ3n) is 3.93. The molecule has 26 heavy (non-hydrogen) atoms.